The minimum Gasteiger partial charge on any atom is -0.340 e. The van der Waals surface area contributed by atoms with E-state index in [1.165, 1.54) is 5.56 Å². The van der Waals surface area contributed by atoms with Crippen LogP contribution in [0.1, 0.15) is 28.7 Å². The van der Waals surface area contributed by atoms with E-state index >= 15 is 0 Å². The second kappa shape index (κ2) is 8.57. The lowest BCUT2D eigenvalue weighted by molar-refractivity contribution is 0.102. The molecule has 0 unspecified atom stereocenters. The molecular formula is C23H22N6O. The van der Waals surface area contributed by atoms with E-state index in [0.717, 1.165) is 23.6 Å². The number of aryl methyl sites for hydroxylation is 2. The van der Waals surface area contributed by atoms with Gasteiger partial charge in [-0.25, -0.2) is 15.0 Å². The molecule has 0 fully saturated rings. The van der Waals surface area contributed by atoms with Gasteiger partial charge in [0.2, 0.25) is 0 Å². The minimum atomic E-state index is -0.130. The number of anilines is 3. The summed E-state index contributed by atoms with van der Waals surface area (Å²) in [5, 5.41) is 6.20. The van der Waals surface area contributed by atoms with Crippen molar-refractivity contribution in [2.75, 3.05) is 10.6 Å². The molecule has 2 aromatic carbocycles. The zero-order valence-corrected chi connectivity index (χ0v) is 16.8. The van der Waals surface area contributed by atoms with Crippen molar-refractivity contribution in [2.45, 2.75) is 20.3 Å². The second-order valence-corrected chi connectivity index (χ2v) is 6.84. The Balaban J connectivity index is 1.44. The van der Waals surface area contributed by atoms with Crippen molar-refractivity contribution in [3.8, 4) is 5.82 Å². The third-order valence-corrected chi connectivity index (χ3v) is 4.63. The smallest absolute Gasteiger partial charge is 0.255 e. The number of rotatable bonds is 6. The van der Waals surface area contributed by atoms with Crippen LogP contribution in [0.4, 0.5) is 17.2 Å². The Hall–Kier alpha value is -4.00. The molecule has 0 aliphatic carbocycles. The van der Waals surface area contributed by atoms with E-state index in [1.54, 1.807) is 12.5 Å². The van der Waals surface area contributed by atoms with Crippen LogP contribution in [0.3, 0.4) is 0 Å². The van der Waals surface area contributed by atoms with Crippen LogP contribution in [0, 0.1) is 6.92 Å². The number of carbonyl (C=O) groups excluding carboxylic acids is 1. The van der Waals surface area contributed by atoms with Crippen LogP contribution in [0.25, 0.3) is 5.82 Å². The summed E-state index contributed by atoms with van der Waals surface area (Å²) in [5.41, 5.74) is 3.43. The van der Waals surface area contributed by atoms with Crippen LogP contribution in [-0.2, 0) is 6.42 Å². The van der Waals surface area contributed by atoms with Crippen molar-refractivity contribution in [3.05, 3.63) is 90.3 Å². The monoisotopic (exact) mass is 398 g/mol. The fraction of sp³-hybridized carbons (Fsp3) is 0.130. The molecule has 7 nitrogen and oxygen atoms in total. The average molecular weight is 398 g/mol. The summed E-state index contributed by atoms with van der Waals surface area (Å²) in [6.07, 6.45) is 6.18. The second-order valence-electron chi connectivity index (χ2n) is 6.84. The standard InChI is InChI=1S/C23H22N6O/c1-3-17-4-6-18(7-5-17)23(30)28-20-10-8-19(9-11-20)27-21-14-22(26-16(2)25-21)29-13-12-24-15-29/h4-15H,3H2,1-2H3,(H,28,30)(H,25,26,27). The molecule has 4 rings (SSSR count). The van der Waals surface area contributed by atoms with Gasteiger partial charge >= 0.3 is 0 Å². The zero-order chi connectivity index (χ0) is 20.9. The highest BCUT2D eigenvalue weighted by Crippen LogP contribution is 2.20. The average Bonchev–Trinajstić information content (AvgIpc) is 3.30. The van der Waals surface area contributed by atoms with Crippen molar-refractivity contribution in [2.24, 2.45) is 0 Å². The highest BCUT2D eigenvalue weighted by molar-refractivity contribution is 6.04. The lowest BCUT2D eigenvalue weighted by Gasteiger charge is -2.10. The molecule has 2 N–H and O–H groups in total. The molecule has 2 heterocycles. The number of hydrogen-bond acceptors (Lipinski definition) is 5. The van der Waals surface area contributed by atoms with Crippen molar-refractivity contribution < 1.29 is 4.79 Å². The molecule has 30 heavy (non-hydrogen) atoms. The molecule has 0 aliphatic heterocycles. The molecule has 2 aromatic heterocycles. The maximum Gasteiger partial charge on any atom is 0.255 e. The van der Waals surface area contributed by atoms with E-state index in [2.05, 4.69) is 32.5 Å². The first-order valence-electron chi connectivity index (χ1n) is 9.72. The van der Waals surface area contributed by atoms with Gasteiger partial charge in [-0.05, 0) is 55.3 Å². The predicted octanol–water partition coefficient (Wildman–Crippen LogP) is 4.53. The van der Waals surface area contributed by atoms with E-state index < -0.39 is 0 Å². The molecule has 0 spiro atoms. The van der Waals surface area contributed by atoms with Gasteiger partial charge in [0.1, 0.15) is 23.8 Å². The summed E-state index contributed by atoms with van der Waals surface area (Å²) in [6.45, 7) is 3.93. The van der Waals surface area contributed by atoms with Crippen molar-refractivity contribution in [1.29, 1.82) is 0 Å². The molecule has 0 radical (unpaired) electrons. The summed E-state index contributed by atoms with van der Waals surface area (Å²) in [6, 6.07) is 17.0. The van der Waals surface area contributed by atoms with E-state index in [1.807, 2.05) is 72.3 Å². The van der Waals surface area contributed by atoms with Gasteiger partial charge in [-0.3, -0.25) is 9.36 Å². The molecule has 4 aromatic rings. The topological polar surface area (TPSA) is 84.7 Å². The Labute approximate surface area is 174 Å². The van der Waals surface area contributed by atoms with E-state index in [4.69, 9.17) is 0 Å². The van der Waals surface area contributed by atoms with Gasteiger partial charge in [0, 0.05) is 35.4 Å². The highest BCUT2D eigenvalue weighted by Gasteiger charge is 2.07. The molecule has 0 bridgehead atoms. The molecule has 7 heteroatoms. The number of imidazole rings is 1. The van der Waals surface area contributed by atoms with Crippen LogP contribution < -0.4 is 10.6 Å². The van der Waals surface area contributed by atoms with Crippen molar-refractivity contribution in [1.82, 2.24) is 19.5 Å². The molecule has 0 saturated heterocycles. The molecule has 0 atom stereocenters. The molecular weight excluding hydrogens is 376 g/mol. The maximum absolute atomic E-state index is 12.4. The van der Waals surface area contributed by atoms with Gasteiger partial charge in [0.25, 0.3) is 5.91 Å². The van der Waals surface area contributed by atoms with Crippen molar-refractivity contribution >= 4 is 23.1 Å². The molecule has 1 amide bonds. The van der Waals surface area contributed by atoms with Gasteiger partial charge in [-0.2, -0.15) is 0 Å². The van der Waals surface area contributed by atoms with Gasteiger partial charge in [0.05, 0.1) is 0 Å². The Morgan fingerprint density at radius 3 is 2.40 bits per heavy atom. The third-order valence-electron chi connectivity index (χ3n) is 4.63. The number of nitrogens with zero attached hydrogens (tertiary/aromatic N) is 4. The molecule has 150 valence electrons. The summed E-state index contributed by atoms with van der Waals surface area (Å²) < 4.78 is 1.82. The number of amides is 1. The third kappa shape index (κ3) is 4.52. The van der Waals surface area contributed by atoms with Gasteiger partial charge in [0.15, 0.2) is 0 Å². The van der Waals surface area contributed by atoms with Crippen LogP contribution in [0.2, 0.25) is 0 Å². The minimum absolute atomic E-state index is 0.130. The van der Waals surface area contributed by atoms with Crippen LogP contribution in [0.15, 0.2) is 73.3 Å². The largest absolute Gasteiger partial charge is 0.340 e. The van der Waals surface area contributed by atoms with Gasteiger partial charge < -0.3 is 10.6 Å². The van der Waals surface area contributed by atoms with Gasteiger partial charge in [-0.1, -0.05) is 19.1 Å². The first kappa shape index (κ1) is 19.3. The van der Waals surface area contributed by atoms with Crippen LogP contribution >= 0.6 is 0 Å². The molecule has 0 aliphatic rings. The van der Waals surface area contributed by atoms with Gasteiger partial charge in [-0.15, -0.1) is 0 Å². The lowest BCUT2D eigenvalue weighted by atomic mass is 10.1. The summed E-state index contributed by atoms with van der Waals surface area (Å²) >= 11 is 0. The predicted molar refractivity (Wildman–Crippen MR) is 117 cm³/mol. The Bertz CT molecular complexity index is 1140. The number of hydrogen-bond donors (Lipinski definition) is 2. The fourth-order valence-corrected chi connectivity index (χ4v) is 3.02. The summed E-state index contributed by atoms with van der Waals surface area (Å²) in [7, 11) is 0. The normalized spacial score (nSPS) is 10.6. The Kier molecular flexibility index (Phi) is 5.52. The van der Waals surface area contributed by atoms with E-state index in [-0.39, 0.29) is 5.91 Å². The number of benzene rings is 2. The maximum atomic E-state index is 12.4. The quantitative estimate of drug-likeness (QED) is 0.498. The summed E-state index contributed by atoms with van der Waals surface area (Å²) in [4.78, 5) is 25.3. The Morgan fingerprint density at radius 1 is 1.00 bits per heavy atom. The van der Waals surface area contributed by atoms with E-state index in [9.17, 15) is 4.79 Å². The fourth-order valence-electron chi connectivity index (χ4n) is 3.02. The number of nitrogens with one attached hydrogen (secondary N) is 2. The first-order chi connectivity index (χ1) is 14.6. The highest BCUT2D eigenvalue weighted by atomic mass is 16.1. The molecule has 0 saturated carbocycles. The SMILES string of the molecule is CCc1ccc(C(=O)Nc2ccc(Nc3cc(-n4ccnc4)nc(C)n3)cc2)cc1. The Morgan fingerprint density at radius 2 is 1.73 bits per heavy atom. The summed E-state index contributed by atoms with van der Waals surface area (Å²) in [5.74, 6) is 1.94. The first-order valence-corrected chi connectivity index (χ1v) is 9.72. The zero-order valence-electron chi connectivity index (χ0n) is 16.8. The van der Waals surface area contributed by atoms with Crippen LogP contribution in [-0.4, -0.2) is 25.4 Å². The lowest BCUT2D eigenvalue weighted by Crippen LogP contribution is -2.11. The van der Waals surface area contributed by atoms with Crippen LogP contribution in [0.5, 0.6) is 0 Å². The number of carbonyl (C=O) groups is 1. The van der Waals surface area contributed by atoms with Crippen molar-refractivity contribution in [3.63, 3.8) is 0 Å². The van der Waals surface area contributed by atoms with E-state index in [0.29, 0.717) is 17.2 Å². The number of aromatic nitrogens is 4.